The van der Waals surface area contributed by atoms with Crippen molar-refractivity contribution < 1.29 is 23.4 Å². The van der Waals surface area contributed by atoms with E-state index in [1.165, 1.54) is 31.4 Å². The largest absolute Gasteiger partial charge is 0.508 e. The molecule has 3 fully saturated rings. The van der Waals surface area contributed by atoms with Crippen LogP contribution in [0.1, 0.15) is 50.5 Å². The molecular formula is C33H33F2N5O3. The summed E-state index contributed by atoms with van der Waals surface area (Å²) in [5.41, 5.74) is -0.148. The Morgan fingerprint density at radius 3 is 2.47 bits per heavy atom. The SMILES string of the molecule is C#Cc1c(F)ccc2cc(O)cc(-c3nc(OC)c4c(N5CCCCC5)nc(OCC56CCCN5CCC6)nc4c3F)c12. The molecule has 43 heavy (non-hydrogen) atoms. The monoisotopic (exact) mass is 585 g/mol. The van der Waals surface area contributed by atoms with Gasteiger partial charge in [-0.05, 0) is 81.6 Å². The highest BCUT2D eigenvalue weighted by molar-refractivity contribution is 6.04. The van der Waals surface area contributed by atoms with E-state index in [0.29, 0.717) is 23.2 Å². The van der Waals surface area contributed by atoms with Gasteiger partial charge in [0.25, 0.3) is 0 Å². The van der Waals surface area contributed by atoms with Gasteiger partial charge >= 0.3 is 6.01 Å². The Morgan fingerprint density at radius 1 is 0.977 bits per heavy atom. The van der Waals surface area contributed by atoms with E-state index in [1.54, 1.807) is 0 Å². The van der Waals surface area contributed by atoms with Gasteiger partial charge < -0.3 is 19.5 Å². The molecule has 0 atom stereocenters. The molecule has 1 N–H and O–H groups in total. The van der Waals surface area contributed by atoms with E-state index in [1.807, 2.05) is 0 Å². The Bertz CT molecular complexity index is 1770. The van der Waals surface area contributed by atoms with Gasteiger partial charge in [0, 0.05) is 24.0 Å². The van der Waals surface area contributed by atoms with E-state index in [9.17, 15) is 9.50 Å². The summed E-state index contributed by atoms with van der Waals surface area (Å²) in [6, 6.07) is 5.59. The first kappa shape index (κ1) is 27.6. The second-order valence-corrected chi connectivity index (χ2v) is 11.8. The number of rotatable bonds is 6. The quantitative estimate of drug-likeness (QED) is 0.284. The number of terminal acetylenes is 1. The number of methoxy groups -OCH3 is 1. The lowest BCUT2D eigenvalue weighted by Gasteiger charge is -2.32. The average Bonchev–Trinajstić information content (AvgIpc) is 3.61. The summed E-state index contributed by atoms with van der Waals surface area (Å²) in [5, 5.41) is 11.6. The van der Waals surface area contributed by atoms with Crippen molar-refractivity contribution in [1.29, 1.82) is 0 Å². The Kier molecular flexibility index (Phi) is 6.93. The molecule has 0 bridgehead atoms. The van der Waals surface area contributed by atoms with E-state index < -0.39 is 11.6 Å². The number of phenols is 1. The van der Waals surface area contributed by atoms with E-state index in [4.69, 9.17) is 20.9 Å². The average molecular weight is 586 g/mol. The maximum absolute atomic E-state index is 16.8. The maximum Gasteiger partial charge on any atom is 0.319 e. The second kappa shape index (κ2) is 10.8. The van der Waals surface area contributed by atoms with Gasteiger partial charge in [-0.3, -0.25) is 4.90 Å². The van der Waals surface area contributed by atoms with Crippen molar-refractivity contribution in [2.75, 3.05) is 44.8 Å². The number of anilines is 1. The minimum atomic E-state index is -0.762. The number of fused-ring (bicyclic) bond motifs is 3. The summed E-state index contributed by atoms with van der Waals surface area (Å²) < 4.78 is 43.7. The predicted molar refractivity (Wildman–Crippen MR) is 161 cm³/mol. The van der Waals surface area contributed by atoms with Gasteiger partial charge in [-0.15, -0.1) is 6.42 Å². The minimum Gasteiger partial charge on any atom is -0.508 e. The summed E-state index contributed by atoms with van der Waals surface area (Å²) in [7, 11) is 1.45. The van der Waals surface area contributed by atoms with E-state index in [-0.39, 0.29) is 50.9 Å². The minimum absolute atomic E-state index is 0.0187. The molecule has 222 valence electrons. The van der Waals surface area contributed by atoms with Gasteiger partial charge in [-0.1, -0.05) is 12.0 Å². The number of aromatic nitrogens is 3. The Morgan fingerprint density at radius 2 is 1.74 bits per heavy atom. The highest BCUT2D eigenvalue weighted by Crippen LogP contribution is 2.43. The molecule has 7 rings (SSSR count). The molecule has 5 heterocycles. The van der Waals surface area contributed by atoms with Crippen LogP contribution in [-0.4, -0.2) is 70.4 Å². The van der Waals surface area contributed by atoms with Crippen molar-refractivity contribution in [1.82, 2.24) is 19.9 Å². The van der Waals surface area contributed by atoms with Crippen molar-refractivity contribution in [3.63, 3.8) is 0 Å². The van der Waals surface area contributed by atoms with E-state index >= 15 is 4.39 Å². The third kappa shape index (κ3) is 4.58. The normalized spacial score (nSPS) is 18.2. The van der Waals surface area contributed by atoms with Crippen LogP contribution in [0.2, 0.25) is 0 Å². The van der Waals surface area contributed by atoms with Crippen LogP contribution in [0.4, 0.5) is 14.6 Å². The van der Waals surface area contributed by atoms with Crippen LogP contribution in [-0.2, 0) is 0 Å². The second-order valence-electron chi connectivity index (χ2n) is 11.8. The van der Waals surface area contributed by atoms with Gasteiger partial charge in [0.15, 0.2) is 5.82 Å². The summed E-state index contributed by atoms with van der Waals surface area (Å²) in [6.45, 7) is 4.03. The third-order valence-corrected chi connectivity index (χ3v) is 9.29. The molecule has 3 aliphatic rings. The first-order valence-corrected chi connectivity index (χ1v) is 14.9. The number of piperidine rings is 1. The zero-order valence-corrected chi connectivity index (χ0v) is 24.1. The van der Waals surface area contributed by atoms with Crippen LogP contribution in [0.5, 0.6) is 17.6 Å². The molecule has 10 heteroatoms. The van der Waals surface area contributed by atoms with Crippen molar-refractivity contribution in [3.05, 3.63) is 41.5 Å². The molecule has 3 aliphatic heterocycles. The van der Waals surface area contributed by atoms with Gasteiger partial charge in [-0.25, -0.2) is 13.8 Å². The molecule has 4 aromatic rings. The highest BCUT2D eigenvalue weighted by Gasteiger charge is 2.45. The molecule has 0 radical (unpaired) electrons. The Hall–Kier alpha value is -4.23. The molecule has 2 aromatic carbocycles. The van der Waals surface area contributed by atoms with Crippen LogP contribution in [0.3, 0.4) is 0 Å². The van der Waals surface area contributed by atoms with Crippen molar-refractivity contribution in [2.45, 2.75) is 50.5 Å². The van der Waals surface area contributed by atoms with E-state index in [2.05, 4.69) is 25.7 Å². The Balaban J connectivity index is 1.44. The lowest BCUT2D eigenvalue weighted by Crippen LogP contribution is -2.43. The molecule has 0 spiro atoms. The molecule has 3 saturated heterocycles. The number of nitrogens with zero attached hydrogens (tertiary/aromatic N) is 5. The zero-order chi connectivity index (χ0) is 29.7. The molecule has 8 nitrogen and oxygen atoms in total. The summed E-state index contributed by atoms with van der Waals surface area (Å²) >= 11 is 0. The topological polar surface area (TPSA) is 83.8 Å². The molecular weight excluding hydrogens is 552 g/mol. The van der Waals surface area contributed by atoms with Crippen molar-refractivity contribution >= 4 is 27.5 Å². The zero-order valence-electron chi connectivity index (χ0n) is 24.1. The summed E-state index contributed by atoms with van der Waals surface area (Å²) in [6.07, 6.45) is 13.1. The molecule has 2 aromatic heterocycles. The third-order valence-electron chi connectivity index (χ3n) is 9.29. The van der Waals surface area contributed by atoms with Gasteiger partial charge in [0.2, 0.25) is 5.88 Å². The van der Waals surface area contributed by atoms with Crippen LogP contribution < -0.4 is 14.4 Å². The number of hydrogen-bond donors (Lipinski definition) is 1. The molecule has 0 unspecified atom stereocenters. The highest BCUT2D eigenvalue weighted by atomic mass is 19.1. The van der Waals surface area contributed by atoms with Gasteiger partial charge in [0.05, 0.1) is 18.2 Å². The fraction of sp³-hybridized carbons (Fsp3) is 0.424. The van der Waals surface area contributed by atoms with Gasteiger partial charge in [0.1, 0.15) is 40.6 Å². The number of benzene rings is 2. The van der Waals surface area contributed by atoms with Crippen LogP contribution in [0, 0.1) is 24.0 Å². The number of phenolic OH excluding ortho intramolecular Hbond substituents is 1. The fourth-order valence-electron chi connectivity index (χ4n) is 7.24. The van der Waals surface area contributed by atoms with Crippen LogP contribution in [0.25, 0.3) is 32.9 Å². The molecule has 0 aliphatic carbocycles. The lowest BCUT2D eigenvalue weighted by molar-refractivity contribution is 0.108. The lowest BCUT2D eigenvalue weighted by atomic mass is 9.95. The summed E-state index contributed by atoms with van der Waals surface area (Å²) in [4.78, 5) is 18.6. The number of hydrogen-bond acceptors (Lipinski definition) is 8. The number of aromatic hydroxyl groups is 1. The van der Waals surface area contributed by atoms with Crippen LogP contribution >= 0.6 is 0 Å². The number of halogens is 2. The van der Waals surface area contributed by atoms with Gasteiger partial charge in [-0.2, -0.15) is 9.97 Å². The predicted octanol–water partition coefficient (Wildman–Crippen LogP) is 5.82. The first-order valence-electron chi connectivity index (χ1n) is 14.9. The standard InChI is InChI=1S/C33H33F2N5O3/c1-3-22-24(34)10-9-20-17-21(41)18-23(25(20)22)28-27(35)29-26(31(36-28)42-2)30(39-13-5-4-6-14-39)38-32(37-29)43-19-33-11-7-15-40(33)16-8-12-33/h1,9-10,17-18,41H,4-8,11-16,19H2,2H3. The van der Waals surface area contributed by atoms with Crippen molar-refractivity contribution in [2.24, 2.45) is 0 Å². The molecule has 0 amide bonds. The fourth-order valence-corrected chi connectivity index (χ4v) is 7.24. The number of pyridine rings is 1. The number of ether oxygens (including phenoxy) is 2. The maximum atomic E-state index is 16.8. The smallest absolute Gasteiger partial charge is 0.319 e. The Labute approximate surface area is 248 Å². The summed E-state index contributed by atoms with van der Waals surface area (Å²) in [5.74, 6) is 1.47. The molecule has 0 saturated carbocycles. The first-order chi connectivity index (χ1) is 20.9. The van der Waals surface area contributed by atoms with Crippen LogP contribution in [0.15, 0.2) is 24.3 Å². The van der Waals surface area contributed by atoms with Crippen molar-refractivity contribution in [3.8, 4) is 41.2 Å². The van der Waals surface area contributed by atoms with E-state index in [0.717, 1.165) is 71.1 Å².